The highest BCUT2D eigenvalue weighted by atomic mass is 79.9. The monoisotopic (exact) mass is 665 g/mol. The van der Waals surface area contributed by atoms with Gasteiger partial charge in [0.1, 0.15) is 18.9 Å². The van der Waals surface area contributed by atoms with Crippen molar-refractivity contribution in [3.8, 4) is 5.75 Å². The molecular formula is C32H29BrClN3O4S. The highest BCUT2D eigenvalue weighted by Crippen LogP contribution is 2.29. The largest absolute Gasteiger partial charge is 0.489 e. The maximum absolute atomic E-state index is 13.6. The van der Waals surface area contributed by atoms with Crippen LogP contribution in [0, 0.1) is 6.92 Å². The van der Waals surface area contributed by atoms with Gasteiger partial charge in [0.05, 0.1) is 16.8 Å². The molecule has 0 radical (unpaired) electrons. The first-order valence-electron chi connectivity index (χ1n) is 12.9. The Kier molecular flexibility index (Phi) is 10.6. The average Bonchev–Trinajstić information content (AvgIpc) is 2.98. The second kappa shape index (κ2) is 14.3. The van der Waals surface area contributed by atoms with Gasteiger partial charge >= 0.3 is 0 Å². The van der Waals surface area contributed by atoms with Crippen LogP contribution < -0.4 is 14.5 Å². The summed E-state index contributed by atoms with van der Waals surface area (Å²) >= 11 is 9.62. The molecule has 0 aliphatic rings. The number of amides is 1. The lowest BCUT2D eigenvalue weighted by atomic mass is 10.1. The number of rotatable bonds is 12. The number of carbonyl (C=O) groups excluding carboxylic acids is 1. The zero-order chi connectivity index (χ0) is 30.1. The van der Waals surface area contributed by atoms with Crippen molar-refractivity contribution < 1.29 is 17.9 Å². The normalized spacial score (nSPS) is 11.3. The molecule has 0 saturated heterocycles. The van der Waals surface area contributed by atoms with Crippen molar-refractivity contribution in [2.24, 2.45) is 5.10 Å². The van der Waals surface area contributed by atoms with Crippen molar-refractivity contribution in [3.05, 3.63) is 135 Å². The Hall–Kier alpha value is -3.92. The Bertz CT molecular complexity index is 1700. The molecule has 4 rings (SSSR count). The number of anilines is 1. The van der Waals surface area contributed by atoms with E-state index in [9.17, 15) is 13.2 Å². The summed E-state index contributed by atoms with van der Waals surface area (Å²) in [5.74, 6) is 0.101. The van der Waals surface area contributed by atoms with Gasteiger partial charge in [0.25, 0.3) is 15.9 Å². The number of aryl methyl sites for hydroxylation is 1. The van der Waals surface area contributed by atoms with Gasteiger partial charge in [0, 0.05) is 9.50 Å². The number of nitrogens with zero attached hydrogens (tertiary/aromatic N) is 2. The summed E-state index contributed by atoms with van der Waals surface area (Å²) in [6, 6.07) is 26.3. The summed E-state index contributed by atoms with van der Waals surface area (Å²) in [5, 5.41) is 4.42. The zero-order valence-corrected chi connectivity index (χ0v) is 26.0. The number of allylic oxidation sites excluding steroid dienone is 1. The Morgan fingerprint density at radius 1 is 1.05 bits per heavy atom. The molecule has 1 N–H and O–H groups in total. The predicted octanol–water partition coefficient (Wildman–Crippen LogP) is 7.06. The Morgan fingerprint density at radius 3 is 2.50 bits per heavy atom. The number of hydrogen-bond donors (Lipinski definition) is 1. The fourth-order valence-corrected chi connectivity index (χ4v) is 6.02. The second-order valence-corrected chi connectivity index (χ2v) is 12.5. The van der Waals surface area contributed by atoms with E-state index in [1.165, 1.54) is 24.4 Å². The van der Waals surface area contributed by atoms with Crippen molar-refractivity contribution in [1.82, 2.24) is 5.43 Å². The van der Waals surface area contributed by atoms with Crippen LogP contribution in [0.2, 0.25) is 5.02 Å². The lowest BCUT2D eigenvalue weighted by molar-refractivity contribution is -0.119. The number of benzene rings is 4. The third kappa shape index (κ3) is 8.09. The summed E-state index contributed by atoms with van der Waals surface area (Å²) in [7, 11) is -4.07. The average molecular weight is 667 g/mol. The van der Waals surface area contributed by atoms with E-state index in [0.29, 0.717) is 29.3 Å². The molecule has 0 bridgehead atoms. The smallest absolute Gasteiger partial charge is 0.264 e. The fraction of sp³-hybridized carbons (Fsp3) is 0.125. The van der Waals surface area contributed by atoms with Gasteiger partial charge in [-0.2, -0.15) is 5.10 Å². The molecule has 4 aromatic rings. The highest BCUT2D eigenvalue weighted by Gasteiger charge is 2.28. The van der Waals surface area contributed by atoms with Crippen molar-refractivity contribution in [2.45, 2.75) is 24.8 Å². The van der Waals surface area contributed by atoms with Crippen LogP contribution in [0.4, 0.5) is 5.69 Å². The zero-order valence-electron chi connectivity index (χ0n) is 22.8. The number of nitrogens with one attached hydrogen (secondary N) is 1. The SMILES string of the molecule is C=CCc1cc(/C=N\NC(=O)CN(c2cc(Cl)ccc2C)S(=O)(=O)c2ccccc2)ccc1OCc1ccc(Br)cc1. The minimum atomic E-state index is -4.07. The van der Waals surface area contributed by atoms with Gasteiger partial charge in [-0.3, -0.25) is 9.10 Å². The number of sulfonamides is 1. The summed E-state index contributed by atoms with van der Waals surface area (Å²) in [6.07, 6.45) is 3.85. The van der Waals surface area contributed by atoms with E-state index < -0.39 is 22.5 Å². The first-order valence-corrected chi connectivity index (χ1v) is 15.6. The third-order valence-electron chi connectivity index (χ3n) is 6.22. The molecule has 0 heterocycles. The number of ether oxygens (including phenoxy) is 1. The van der Waals surface area contributed by atoms with Gasteiger partial charge in [-0.05, 0) is 90.2 Å². The minimum absolute atomic E-state index is 0.0536. The number of hydrogen-bond acceptors (Lipinski definition) is 5. The van der Waals surface area contributed by atoms with E-state index in [4.69, 9.17) is 16.3 Å². The molecule has 7 nitrogen and oxygen atoms in total. The van der Waals surface area contributed by atoms with Crippen LogP contribution in [-0.4, -0.2) is 27.1 Å². The first-order chi connectivity index (χ1) is 20.2. The van der Waals surface area contributed by atoms with E-state index in [0.717, 1.165) is 31.2 Å². The molecule has 0 fully saturated rings. The molecule has 0 saturated carbocycles. The molecule has 4 aromatic carbocycles. The van der Waals surface area contributed by atoms with Crippen molar-refractivity contribution in [2.75, 3.05) is 10.8 Å². The van der Waals surface area contributed by atoms with Crippen LogP contribution in [0.5, 0.6) is 5.75 Å². The summed E-state index contributed by atoms with van der Waals surface area (Å²) in [4.78, 5) is 13.0. The second-order valence-electron chi connectivity index (χ2n) is 9.32. The van der Waals surface area contributed by atoms with E-state index in [1.54, 1.807) is 43.3 Å². The lowest BCUT2D eigenvalue weighted by Crippen LogP contribution is -2.40. The van der Waals surface area contributed by atoms with E-state index in [-0.39, 0.29) is 4.90 Å². The van der Waals surface area contributed by atoms with Gasteiger partial charge in [-0.1, -0.05) is 70.0 Å². The molecule has 0 spiro atoms. The molecule has 0 aliphatic heterocycles. The first kappa shape index (κ1) is 31.0. The van der Waals surface area contributed by atoms with Crippen LogP contribution in [0.15, 0.2) is 118 Å². The maximum atomic E-state index is 13.6. The van der Waals surface area contributed by atoms with Gasteiger partial charge < -0.3 is 4.74 Å². The van der Waals surface area contributed by atoms with Gasteiger partial charge in [0.15, 0.2) is 0 Å². The fourth-order valence-electron chi connectivity index (χ4n) is 4.09. The summed E-state index contributed by atoms with van der Waals surface area (Å²) < 4.78 is 35.2. The van der Waals surface area contributed by atoms with E-state index in [1.807, 2.05) is 42.5 Å². The van der Waals surface area contributed by atoms with Crippen LogP contribution in [0.25, 0.3) is 0 Å². The molecule has 42 heavy (non-hydrogen) atoms. The molecule has 0 atom stereocenters. The maximum Gasteiger partial charge on any atom is 0.264 e. The molecule has 0 aliphatic carbocycles. The van der Waals surface area contributed by atoms with Crippen LogP contribution >= 0.6 is 27.5 Å². The van der Waals surface area contributed by atoms with Gasteiger partial charge in [-0.25, -0.2) is 13.8 Å². The third-order valence-corrected chi connectivity index (χ3v) is 8.76. The standard InChI is InChI=1S/C32H29BrClN3O4S/c1-3-7-26-18-25(13-17-31(26)41-22-24-11-14-27(33)15-12-24)20-35-36-32(38)21-37(30-19-28(34)16-10-23(30)2)42(39,40)29-8-5-4-6-9-29/h3-6,8-20H,1,7,21-22H2,2H3,(H,36,38)/b35-20-. The molecule has 0 aromatic heterocycles. The Balaban J connectivity index is 1.49. The highest BCUT2D eigenvalue weighted by molar-refractivity contribution is 9.10. The molecule has 0 unspecified atom stereocenters. The van der Waals surface area contributed by atoms with Crippen LogP contribution in [0.1, 0.15) is 22.3 Å². The Morgan fingerprint density at radius 2 is 1.79 bits per heavy atom. The molecule has 1 amide bonds. The summed E-state index contributed by atoms with van der Waals surface area (Å²) in [6.45, 7) is 5.50. The molecule has 216 valence electrons. The van der Waals surface area contributed by atoms with Crippen molar-refractivity contribution >= 4 is 55.4 Å². The van der Waals surface area contributed by atoms with Gasteiger partial charge in [0.2, 0.25) is 0 Å². The number of halogens is 2. The predicted molar refractivity (Wildman–Crippen MR) is 172 cm³/mol. The number of hydrazone groups is 1. The van der Waals surface area contributed by atoms with Crippen LogP contribution in [-0.2, 0) is 27.8 Å². The minimum Gasteiger partial charge on any atom is -0.489 e. The molecule has 10 heteroatoms. The lowest BCUT2D eigenvalue weighted by Gasteiger charge is -2.25. The Labute approximate surface area is 259 Å². The number of carbonyl (C=O) groups is 1. The van der Waals surface area contributed by atoms with Gasteiger partial charge in [-0.15, -0.1) is 6.58 Å². The van der Waals surface area contributed by atoms with E-state index >= 15 is 0 Å². The quantitative estimate of drug-likeness (QED) is 0.0996. The van der Waals surface area contributed by atoms with Crippen molar-refractivity contribution in [1.29, 1.82) is 0 Å². The van der Waals surface area contributed by atoms with Crippen LogP contribution in [0.3, 0.4) is 0 Å². The summed E-state index contributed by atoms with van der Waals surface area (Å²) in [5.41, 5.74) is 6.06. The topological polar surface area (TPSA) is 88.1 Å². The van der Waals surface area contributed by atoms with E-state index in [2.05, 4.69) is 33.0 Å². The molecular weight excluding hydrogens is 638 g/mol. The van der Waals surface area contributed by atoms with Crippen molar-refractivity contribution in [3.63, 3.8) is 0 Å².